The Balaban J connectivity index is 1.62. The maximum atomic E-state index is 11.9. The highest BCUT2D eigenvalue weighted by molar-refractivity contribution is 5.76. The van der Waals surface area contributed by atoms with Crippen LogP contribution in [0.5, 0.6) is 0 Å². The maximum Gasteiger partial charge on any atom is 0.220 e. The van der Waals surface area contributed by atoms with E-state index in [1.807, 2.05) is 12.4 Å². The molecule has 0 saturated carbocycles. The second kappa shape index (κ2) is 8.17. The molecule has 1 amide bonds. The SMILES string of the molecule is CC(C)c1nccn1CCCNC(=O)C[C@H]1CCCOC1. The summed E-state index contributed by atoms with van der Waals surface area (Å²) in [5.41, 5.74) is 0. The van der Waals surface area contributed by atoms with Crippen molar-refractivity contribution >= 4 is 5.91 Å². The Morgan fingerprint density at radius 3 is 3.14 bits per heavy atom. The first-order valence-electron chi connectivity index (χ1n) is 8.02. The van der Waals surface area contributed by atoms with Gasteiger partial charge in [0, 0.05) is 51.0 Å². The Hall–Kier alpha value is -1.36. The summed E-state index contributed by atoms with van der Waals surface area (Å²) < 4.78 is 7.58. The van der Waals surface area contributed by atoms with Gasteiger partial charge in [-0.2, -0.15) is 0 Å². The number of nitrogens with zero attached hydrogens (tertiary/aromatic N) is 2. The van der Waals surface area contributed by atoms with Crippen molar-refractivity contribution in [1.29, 1.82) is 0 Å². The van der Waals surface area contributed by atoms with E-state index in [0.29, 0.717) is 18.3 Å². The molecule has 1 aromatic rings. The fourth-order valence-electron chi connectivity index (χ4n) is 2.79. The van der Waals surface area contributed by atoms with E-state index in [-0.39, 0.29) is 5.91 Å². The first kappa shape index (κ1) is 16.0. The lowest BCUT2D eigenvalue weighted by Gasteiger charge is -2.21. The highest BCUT2D eigenvalue weighted by Crippen LogP contribution is 2.16. The van der Waals surface area contributed by atoms with E-state index in [0.717, 1.165) is 51.4 Å². The van der Waals surface area contributed by atoms with Gasteiger partial charge in [0.05, 0.1) is 0 Å². The average molecular weight is 293 g/mol. The number of hydrogen-bond acceptors (Lipinski definition) is 3. The third-order valence-corrected chi connectivity index (χ3v) is 3.89. The first-order valence-corrected chi connectivity index (χ1v) is 8.02. The molecule has 0 unspecified atom stereocenters. The van der Waals surface area contributed by atoms with Crippen LogP contribution in [0.2, 0.25) is 0 Å². The highest BCUT2D eigenvalue weighted by atomic mass is 16.5. The Morgan fingerprint density at radius 1 is 1.57 bits per heavy atom. The minimum absolute atomic E-state index is 0.153. The lowest BCUT2D eigenvalue weighted by Crippen LogP contribution is -2.29. The van der Waals surface area contributed by atoms with Crippen LogP contribution >= 0.6 is 0 Å². The quantitative estimate of drug-likeness (QED) is 0.785. The van der Waals surface area contributed by atoms with Gasteiger partial charge in [-0.25, -0.2) is 4.98 Å². The van der Waals surface area contributed by atoms with Crippen molar-refractivity contribution < 1.29 is 9.53 Å². The summed E-state index contributed by atoms with van der Waals surface area (Å²) in [5.74, 6) is 2.10. The third kappa shape index (κ3) is 5.16. The third-order valence-electron chi connectivity index (χ3n) is 3.89. The van der Waals surface area contributed by atoms with Crippen molar-refractivity contribution in [1.82, 2.24) is 14.9 Å². The van der Waals surface area contributed by atoms with Gasteiger partial charge in [-0.15, -0.1) is 0 Å². The summed E-state index contributed by atoms with van der Waals surface area (Å²) >= 11 is 0. The van der Waals surface area contributed by atoms with Crippen molar-refractivity contribution in [3.8, 4) is 0 Å². The van der Waals surface area contributed by atoms with E-state index in [1.165, 1.54) is 0 Å². The Labute approximate surface area is 127 Å². The molecule has 0 aliphatic carbocycles. The molecule has 0 aromatic carbocycles. The van der Waals surface area contributed by atoms with Crippen LogP contribution in [-0.2, 0) is 16.1 Å². The molecule has 1 fully saturated rings. The first-order chi connectivity index (χ1) is 10.2. The minimum atomic E-state index is 0.153. The van der Waals surface area contributed by atoms with Crippen molar-refractivity contribution in [3.05, 3.63) is 18.2 Å². The van der Waals surface area contributed by atoms with Gasteiger partial charge in [0.1, 0.15) is 5.82 Å². The molecule has 21 heavy (non-hydrogen) atoms. The minimum Gasteiger partial charge on any atom is -0.381 e. The standard InChI is InChI=1S/C16H27N3O2/c1-13(2)16-18-7-9-19(16)8-4-6-17-15(20)11-14-5-3-10-21-12-14/h7,9,13-14H,3-6,8,10-12H2,1-2H3,(H,17,20)/t14-/m1/s1. The molecule has 1 N–H and O–H groups in total. The molecule has 2 rings (SSSR count). The lowest BCUT2D eigenvalue weighted by molar-refractivity contribution is -0.123. The number of carbonyl (C=O) groups is 1. The van der Waals surface area contributed by atoms with Gasteiger partial charge in [-0.1, -0.05) is 13.8 Å². The number of aryl methyl sites for hydroxylation is 1. The molecule has 1 aromatic heterocycles. The highest BCUT2D eigenvalue weighted by Gasteiger charge is 2.17. The van der Waals surface area contributed by atoms with E-state index >= 15 is 0 Å². The number of nitrogens with one attached hydrogen (secondary N) is 1. The zero-order valence-electron chi connectivity index (χ0n) is 13.2. The van der Waals surface area contributed by atoms with Crippen LogP contribution in [0, 0.1) is 5.92 Å². The van der Waals surface area contributed by atoms with Gasteiger partial charge < -0.3 is 14.6 Å². The molecular formula is C16H27N3O2. The number of amides is 1. The number of ether oxygens (including phenoxy) is 1. The van der Waals surface area contributed by atoms with Crippen molar-refractivity contribution in [3.63, 3.8) is 0 Å². The largest absolute Gasteiger partial charge is 0.381 e. The Morgan fingerprint density at radius 2 is 2.43 bits per heavy atom. The smallest absolute Gasteiger partial charge is 0.220 e. The molecule has 5 heteroatoms. The summed E-state index contributed by atoms with van der Waals surface area (Å²) in [7, 11) is 0. The predicted molar refractivity (Wildman–Crippen MR) is 82.1 cm³/mol. The van der Waals surface area contributed by atoms with Gasteiger partial charge >= 0.3 is 0 Å². The van der Waals surface area contributed by atoms with Gasteiger partial charge in [0.25, 0.3) is 0 Å². The van der Waals surface area contributed by atoms with E-state index in [4.69, 9.17) is 4.74 Å². The second-order valence-electron chi connectivity index (χ2n) is 6.12. The zero-order chi connectivity index (χ0) is 15.1. The summed E-state index contributed by atoms with van der Waals surface area (Å²) in [6.07, 6.45) is 7.58. The van der Waals surface area contributed by atoms with Gasteiger partial charge in [0.15, 0.2) is 0 Å². The molecule has 1 atom stereocenters. The number of aromatic nitrogens is 2. The normalized spacial score (nSPS) is 18.9. The molecule has 2 heterocycles. The Kier molecular flexibility index (Phi) is 6.23. The van der Waals surface area contributed by atoms with Crippen molar-refractivity contribution in [2.75, 3.05) is 19.8 Å². The van der Waals surface area contributed by atoms with Crippen molar-refractivity contribution in [2.45, 2.75) is 52.0 Å². The number of imidazole rings is 1. The maximum absolute atomic E-state index is 11.9. The van der Waals surface area contributed by atoms with Crippen molar-refractivity contribution in [2.24, 2.45) is 5.92 Å². The van der Waals surface area contributed by atoms with Crippen LogP contribution in [0.3, 0.4) is 0 Å². The van der Waals surface area contributed by atoms with Crippen LogP contribution < -0.4 is 5.32 Å². The van der Waals surface area contributed by atoms with E-state index in [1.54, 1.807) is 0 Å². The number of carbonyl (C=O) groups excluding carboxylic acids is 1. The van der Waals surface area contributed by atoms with E-state index in [9.17, 15) is 4.79 Å². The molecular weight excluding hydrogens is 266 g/mol. The molecule has 0 spiro atoms. The molecule has 118 valence electrons. The topological polar surface area (TPSA) is 56.2 Å². The zero-order valence-corrected chi connectivity index (χ0v) is 13.2. The summed E-state index contributed by atoms with van der Waals surface area (Å²) in [5, 5.41) is 3.01. The monoisotopic (exact) mass is 293 g/mol. The summed E-state index contributed by atoms with van der Waals surface area (Å²) in [6.45, 7) is 7.50. The Bertz CT molecular complexity index is 436. The fraction of sp³-hybridized carbons (Fsp3) is 0.750. The van der Waals surface area contributed by atoms with Crippen LogP contribution in [0.25, 0.3) is 0 Å². The predicted octanol–water partition coefficient (Wildman–Crippen LogP) is 2.33. The van der Waals surface area contributed by atoms with E-state index < -0.39 is 0 Å². The molecule has 1 saturated heterocycles. The van der Waals surface area contributed by atoms with Gasteiger partial charge in [-0.3, -0.25) is 4.79 Å². The lowest BCUT2D eigenvalue weighted by atomic mass is 9.98. The fourth-order valence-corrected chi connectivity index (χ4v) is 2.79. The van der Waals surface area contributed by atoms with Gasteiger partial charge in [-0.05, 0) is 25.2 Å². The summed E-state index contributed by atoms with van der Waals surface area (Å²) in [4.78, 5) is 16.2. The molecule has 1 aliphatic heterocycles. The number of rotatable bonds is 7. The van der Waals surface area contributed by atoms with E-state index in [2.05, 4.69) is 28.7 Å². The van der Waals surface area contributed by atoms with Crippen LogP contribution in [0.1, 0.15) is 51.3 Å². The van der Waals surface area contributed by atoms with Gasteiger partial charge in [0.2, 0.25) is 5.91 Å². The van der Waals surface area contributed by atoms with Crippen LogP contribution in [0.15, 0.2) is 12.4 Å². The second-order valence-corrected chi connectivity index (χ2v) is 6.12. The molecule has 0 radical (unpaired) electrons. The summed E-state index contributed by atoms with van der Waals surface area (Å²) in [6, 6.07) is 0. The van der Waals surface area contributed by atoms with Crippen LogP contribution in [-0.4, -0.2) is 35.2 Å². The number of hydrogen-bond donors (Lipinski definition) is 1. The molecule has 5 nitrogen and oxygen atoms in total. The molecule has 0 bridgehead atoms. The molecule has 1 aliphatic rings. The van der Waals surface area contributed by atoms with Crippen LogP contribution in [0.4, 0.5) is 0 Å². The average Bonchev–Trinajstić information content (AvgIpc) is 2.93.